The van der Waals surface area contributed by atoms with Crippen molar-refractivity contribution in [1.82, 2.24) is 13.7 Å². The number of imidazole rings is 1. The smallest absolute Gasteiger partial charge is 0.338 e. The molecule has 1 aromatic rings. The van der Waals surface area contributed by atoms with Gasteiger partial charge in [0.2, 0.25) is 0 Å². The van der Waals surface area contributed by atoms with Gasteiger partial charge in [-0.2, -0.15) is 26.3 Å². The highest BCUT2D eigenvalue weighted by molar-refractivity contribution is 8.05. The Morgan fingerprint density at radius 3 is 1.50 bits per heavy atom. The van der Waals surface area contributed by atoms with Crippen LogP contribution < -0.4 is 4.13 Å². The first-order valence-corrected chi connectivity index (χ1v) is 7.83. The molecule has 0 aromatic carbocycles. The van der Waals surface area contributed by atoms with E-state index in [0.29, 0.717) is 0 Å². The van der Waals surface area contributed by atoms with Gasteiger partial charge in [0.1, 0.15) is 5.82 Å². The zero-order valence-corrected chi connectivity index (χ0v) is 12.4. The molecule has 0 saturated heterocycles. The molecule has 1 rings (SSSR count). The number of rotatable bonds is 2. The van der Waals surface area contributed by atoms with Gasteiger partial charge in [-0.15, -0.1) is 0 Å². The lowest BCUT2D eigenvalue weighted by Gasteiger charge is -2.11. The Morgan fingerprint density at radius 1 is 1.00 bits per heavy atom. The van der Waals surface area contributed by atoms with Crippen LogP contribution >= 0.6 is 0 Å². The van der Waals surface area contributed by atoms with E-state index >= 15 is 0 Å². The Bertz CT molecular complexity index is 645. The van der Waals surface area contributed by atoms with Crippen molar-refractivity contribution in [2.24, 2.45) is 7.05 Å². The van der Waals surface area contributed by atoms with Gasteiger partial charge in [0.05, 0.1) is 0 Å². The Hall–Kier alpha value is -1.35. The molecule has 0 unspecified atom stereocenters. The highest BCUT2D eigenvalue weighted by Crippen LogP contribution is 2.27. The molecule has 0 amide bonds. The van der Waals surface area contributed by atoms with Crippen molar-refractivity contribution >= 4 is 20.0 Å². The normalized spacial score (nSPS) is 13.5. The molecule has 22 heavy (non-hydrogen) atoms. The molecule has 0 atom stereocenters. The number of nitrogens with zero attached hydrogens (tertiary/aromatic N) is 2. The van der Waals surface area contributed by atoms with Gasteiger partial charge in [0.25, 0.3) is 0 Å². The van der Waals surface area contributed by atoms with Crippen LogP contribution in [0.5, 0.6) is 0 Å². The molecule has 7 nitrogen and oxygen atoms in total. The van der Waals surface area contributed by atoms with E-state index in [2.05, 4.69) is 4.98 Å². The Balaban J connectivity index is 0.000000518. The zero-order chi connectivity index (χ0) is 18.0. The molecule has 0 aliphatic rings. The molecule has 0 aliphatic heterocycles. The summed E-state index contributed by atoms with van der Waals surface area (Å²) < 4.78 is 110. The second kappa shape index (κ2) is 6.41. The molecule has 0 saturated carbocycles. The number of aryl methyl sites for hydroxylation is 2. The molecule has 15 heteroatoms. The Kier molecular flexibility index (Phi) is 6.02. The van der Waals surface area contributed by atoms with Crippen LogP contribution in [0.15, 0.2) is 12.4 Å². The molecule has 0 aliphatic carbocycles. The zero-order valence-electron chi connectivity index (χ0n) is 10.8. The van der Waals surface area contributed by atoms with E-state index in [9.17, 15) is 43.2 Å². The van der Waals surface area contributed by atoms with Crippen molar-refractivity contribution in [1.29, 1.82) is 0 Å². The molecule has 0 spiro atoms. The third-order valence-corrected chi connectivity index (χ3v) is 4.87. The largest absolute Gasteiger partial charge is 0.512 e. The summed E-state index contributed by atoms with van der Waals surface area (Å²) in [5.74, 6) is 1.06. The third-order valence-electron chi connectivity index (χ3n) is 1.89. The van der Waals surface area contributed by atoms with Crippen molar-refractivity contribution in [3.05, 3.63) is 18.2 Å². The van der Waals surface area contributed by atoms with Gasteiger partial charge in [-0.05, 0) is 6.92 Å². The van der Waals surface area contributed by atoms with E-state index in [1.807, 2.05) is 24.7 Å². The number of alkyl halides is 6. The van der Waals surface area contributed by atoms with E-state index in [-0.39, 0.29) is 0 Å². The highest BCUT2D eigenvalue weighted by atomic mass is 32.3. The van der Waals surface area contributed by atoms with Gasteiger partial charge in [-0.25, -0.2) is 21.8 Å². The number of nitrogens with one attached hydrogen (secondary N) is 1. The minimum absolute atomic E-state index is 0.493. The third kappa shape index (κ3) is 5.45. The van der Waals surface area contributed by atoms with Crippen molar-refractivity contribution in [2.45, 2.75) is 17.9 Å². The molecule has 0 bridgehead atoms. The topological polar surface area (TPSA) is 98.1 Å². The van der Waals surface area contributed by atoms with Gasteiger partial charge in [-0.3, -0.25) is 0 Å². The monoisotopic (exact) mass is 377 g/mol. The van der Waals surface area contributed by atoms with Gasteiger partial charge < -0.3 is 4.57 Å². The van der Waals surface area contributed by atoms with E-state index in [1.165, 1.54) is 0 Å². The summed E-state index contributed by atoms with van der Waals surface area (Å²) in [6, 6.07) is 0. The van der Waals surface area contributed by atoms with Crippen LogP contribution in [0, 0.1) is 6.92 Å². The maximum absolute atomic E-state index is 11.5. The average Bonchev–Trinajstić information content (AvgIpc) is 2.59. The second-order valence-electron chi connectivity index (χ2n) is 3.57. The minimum Gasteiger partial charge on any atom is -0.338 e. The number of hydrogen-bond acceptors (Lipinski definition) is 5. The van der Waals surface area contributed by atoms with Gasteiger partial charge in [-0.1, -0.05) is 4.13 Å². The van der Waals surface area contributed by atoms with Gasteiger partial charge in [0, 0.05) is 19.4 Å². The quantitative estimate of drug-likeness (QED) is 0.776. The fourth-order valence-electron chi connectivity index (χ4n) is 0.679. The summed E-state index contributed by atoms with van der Waals surface area (Å²) in [6.45, 7) is 1.97. The highest BCUT2D eigenvalue weighted by Gasteiger charge is 2.55. The van der Waals surface area contributed by atoms with Crippen molar-refractivity contribution in [3.8, 4) is 0 Å². The van der Waals surface area contributed by atoms with Crippen LogP contribution in [-0.2, 0) is 27.1 Å². The number of halogens is 6. The number of sulfonamides is 2. The molecule has 0 radical (unpaired) electrons. The lowest BCUT2D eigenvalue weighted by molar-refractivity contribution is -0.0476. The maximum Gasteiger partial charge on any atom is 0.512 e. The lowest BCUT2D eigenvalue weighted by Crippen LogP contribution is -2.45. The van der Waals surface area contributed by atoms with Crippen molar-refractivity contribution in [2.75, 3.05) is 0 Å². The van der Waals surface area contributed by atoms with Gasteiger partial charge >= 0.3 is 31.1 Å². The van der Waals surface area contributed by atoms with Crippen LogP contribution in [0.3, 0.4) is 0 Å². The van der Waals surface area contributed by atoms with Crippen LogP contribution in [0.1, 0.15) is 5.82 Å². The Morgan fingerprint density at radius 2 is 1.36 bits per heavy atom. The number of hydrogen-bond donors (Lipinski definition) is 1. The van der Waals surface area contributed by atoms with Crippen LogP contribution in [0.25, 0.3) is 0 Å². The van der Waals surface area contributed by atoms with Crippen LogP contribution in [0.2, 0.25) is 0 Å². The number of aromatic nitrogens is 2. The van der Waals surface area contributed by atoms with Crippen molar-refractivity contribution in [3.63, 3.8) is 0 Å². The molecule has 130 valence electrons. The van der Waals surface area contributed by atoms with Gasteiger partial charge in [0.15, 0.2) is 0 Å². The Labute approximate surface area is 121 Å². The van der Waals surface area contributed by atoms with E-state index < -0.39 is 35.2 Å². The summed E-state index contributed by atoms with van der Waals surface area (Å²) in [5, 5.41) is 0. The first-order chi connectivity index (χ1) is 9.51. The predicted octanol–water partition coefficient (Wildman–Crippen LogP) is 1.00. The van der Waals surface area contributed by atoms with Crippen LogP contribution in [-0.4, -0.2) is 37.4 Å². The summed E-state index contributed by atoms with van der Waals surface area (Å²) in [7, 11) is -11.2. The van der Waals surface area contributed by atoms with Crippen LogP contribution in [0.4, 0.5) is 26.3 Å². The standard InChI is InChI=1S/C5H8N2.C2HF6NO4S2/c1-5-6-3-4-7(5)2;3-1(4,5)14(10,11)9-15(12,13)2(6,7)8/h3-4H,1-2H3;9H. The lowest BCUT2D eigenvalue weighted by atomic mass is 10.7. The molecular weight excluding hydrogens is 368 g/mol. The van der Waals surface area contributed by atoms with E-state index in [0.717, 1.165) is 5.82 Å². The first-order valence-electron chi connectivity index (χ1n) is 4.86. The fraction of sp³-hybridized carbons (Fsp3) is 0.571. The second-order valence-corrected chi connectivity index (χ2v) is 7.17. The summed E-state index contributed by atoms with van der Waals surface area (Å²) in [6.07, 6.45) is 3.71. The van der Waals surface area contributed by atoms with Crippen molar-refractivity contribution < 1.29 is 43.2 Å². The molecule has 0 fully saturated rings. The predicted molar refractivity (Wildman–Crippen MR) is 61.0 cm³/mol. The molecule has 1 aromatic heterocycles. The summed E-state index contributed by atoms with van der Waals surface area (Å²) in [5.41, 5.74) is -12.3. The average molecular weight is 377 g/mol. The van der Waals surface area contributed by atoms with E-state index in [1.54, 1.807) is 6.20 Å². The SMILES string of the molecule is Cc1nccn1C.O=S(=O)(NS(=O)(=O)C(F)(F)F)C(F)(F)F. The molecule has 1 N–H and O–H groups in total. The fourth-order valence-corrected chi connectivity index (χ4v) is 2.59. The van der Waals surface area contributed by atoms with E-state index in [4.69, 9.17) is 0 Å². The summed E-state index contributed by atoms with van der Waals surface area (Å²) >= 11 is 0. The molecule has 1 heterocycles. The summed E-state index contributed by atoms with van der Waals surface area (Å²) in [4.78, 5) is 3.98. The molecular formula is C7H9F6N3O4S2. The first kappa shape index (κ1) is 20.6. The maximum atomic E-state index is 11.5. The minimum atomic E-state index is -6.60.